The number of hydrogen-bond donors (Lipinski definition) is 2. The van der Waals surface area contributed by atoms with E-state index in [1.165, 1.54) is 6.20 Å². The van der Waals surface area contributed by atoms with Crippen molar-refractivity contribution in [2.75, 3.05) is 30.0 Å². The van der Waals surface area contributed by atoms with E-state index < -0.39 is 10.0 Å². The van der Waals surface area contributed by atoms with Crippen LogP contribution in [0.2, 0.25) is 0 Å². The second-order valence-electron chi connectivity index (χ2n) is 5.75. The number of sulfonamides is 1. The number of pyridine rings is 1. The summed E-state index contributed by atoms with van der Waals surface area (Å²) in [4.78, 5) is 4.24. The molecule has 0 saturated carbocycles. The molecular weight excluding hydrogens is 354 g/mol. The summed E-state index contributed by atoms with van der Waals surface area (Å²) in [7, 11) is -0.126. The van der Waals surface area contributed by atoms with E-state index in [0.717, 1.165) is 12.0 Å². The van der Waals surface area contributed by atoms with Gasteiger partial charge >= 0.3 is 0 Å². The van der Waals surface area contributed by atoms with Crippen molar-refractivity contribution < 1.29 is 17.9 Å². The van der Waals surface area contributed by atoms with Gasteiger partial charge in [0, 0.05) is 6.54 Å². The van der Waals surface area contributed by atoms with E-state index in [1.54, 1.807) is 26.4 Å². The summed E-state index contributed by atoms with van der Waals surface area (Å²) in [6, 6.07) is 9.09. The van der Waals surface area contributed by atoms with Gasteiger partial charge in [0.05, 0.1) is 31.9 Å². The Morgan fingerprint density at radius 1 is 1.08 bits per heavy atom. The molecule has 0 amide bonds. The number of methoxy groups -OCH3 is 2. The van der Waals surface area contributed by atoms with Crippen LogP contribution in [0, 0.1) is 0 Å². The molecule has 2 N–H and O–H groups in total. The Bertz CT molecular complexity index is 808. The number of rotatable bonds is 10. The van der Waals surface area contributed by atoms with E-state index in [1.807, 2.05) is 25.1 Å². The minimum atomic E-state index is -3.32. The molecule has 8 heteroatoms. The van der Waals surface area contributed by atoms with Crippen LogP contribution in [-0.4, -0.2) is 33.4 Å². The summed E-state index contributed by atoms with van der Waals surface area (Å²) in [5.74, 6) is 2.10. The van der Waals surface area contributed by atoms with Crippen molar-refractivity contribution in [3.8, 4) is 11.5 Å². The van der Waals surface area contributed by atoms with Crippen molar-refractivity contribution in [2.45, 2.75) is 26.3 Å². The summed E-state index contributed by atoms with van der Waals surface area (Å²) in [6.45, 7) is 2.50. The van der Waals surface area contributed by atoms with Crippen LogP contribution in [0.4, 0.5) is 11.5 Å². The maximum Gasteiger partial charge on any atom is 0.232 e. The van der Waals surface area contributed by atoms with Crippen LogP contribution in [-0.2, 0) is 16.6 Å². The molecule has 0 atom stereocenters. The molecule has 0 bridgehead atoms. The number of benzene rings is 1. The second-order valence-corrected chi connectivity index (χ2v) is 7.59. The van der Waals surface area contributed by atoms with Gasteiger partial charge in [-0.05, 0) is 36.2 Å². The molecule has 2 rings (SSSR count). The van der Waals surface area contributed by atoms with Gasteiger partial charge in [-0.25, -0.2) is 13.4 Å². The predicted molar refractivity (Wildman–Crippen MR) is 103 cm³/mol. The second kappa shape index (κ2) is 9.28. The van der Waals surface area contributed by atoms with Crippen molar-refractivity contribution in [2.24, 2.45) is 0 Å². The van der Waals surface area contributed by atoms with Gasteiger partial charge in [-0.15, -0.1) is 0 Å². The lowest BCUT2D eigenvalue weighted by Gasteiger charge is -2.11. The van der Waals surface area contributed by atoms with Crippen LogP contribution in [0.1, 0.15) is 25.3 Å². The molecule has 0 spiro atoms. The fourth-order valence-electron chi connectivity index (χ4n) is 2.31. The van der Waals surface area contributed by atoms with Gasteiger partial charge < -0.3 is 14.8 Å². The van der Waals surface area contributed by atoms with E-state index in [9.17, 15) is 8.42 Å². The third kappa shape index (κ3) is 5.80. The largest absolute Gasteiger partial charge is 0.493 e. The minimum Gasteiger partial charge on any atom is -0.493 e. The molecule has 142 valence electrons. The maximum atomic E-state index is 11.9. The first-order valence-electron chi connectivity index (χ1n) is 8.38. The Kier molecular flexibility index (Phi) is 7.08. The van der Waals surface area contributed by atoms with Crippen molar-refractivity contribution >= 4 is 21.5 Å². The van der Waals surface area contributed by atoms with Crippen LogP contribution in [0.15, 0.2) is 36.5 Å². The highest BCUT2D eigenvalue weighted by Crippen LogP contribution is 2.27. The molecule has 0 radical (unpaired) electrons. The summed E-state index contributed by atoms with van der Waals surface area (Å²) in [5, 5.41) is 3.19. The summed E-state index contributed by atoms with van der Waals surface area (Å²) >= 11 is 0. The lowest BCUT2D eigenvalue weighted by molar-refractivity contribution is 0.354. The minimum absolute atomic E-state index is 0.114. The molecule has 1 aromatic heterocycles. The summed E-state index contributed by atoms with van der Waals surface area (Å²) in [6.07, 6.45) is 2.96. The van der Waals surface area contributed by atoms with Crippen molar-refractivity contribution in [3.05, 3.63) is 42.1 Å². The number of hydrogen-bond acceptors (Lipinski definition) is 6. The topological polar surface area (TPSA) is 89.6 Å². The molecule has 2 aromatic rings. The first kappa shape index (κ1) is 19.8. The molecule has 7 nitrogen and oxygen atoms in total. The molecule has 0 aliphatic rings. The molecule has 0 fully saturated rings. The van der Waals surface area contributed by atoms with E-state index in [4.69, 9.17) is 9.47 Å². The number of nitrogens with zero attached hydrogens (tertiary/aromatic N) is 1. The van der Waals surface area contributed by atoms with Crippen LogP contribution in [0.5, 0.6) is 11.5 Å². The number of nitrogens with one attached hydrogen (secondary N) is 2. The average Bonchev–Trinajstić information content (AvgIpc) is 2.65. The zero-order valence-corrected chi connectivity index (χ0v) is 16.1. The maximum absolute atomic E-state index is 11.9. The number of ether oxygens (including phenoxy) is 2. The van der Waals surface area contributed by atoms with Gasteiger partial charge in [0.1, 0.15) is 5.82 Å². The highest BCUT2D eigenvalue weighted by molar-refractivity contribution is 7.92. The quantitative estimate of drug-likeness (QED) is 0.659. The fourth-order valence-corrected chi connectivity index (χ4v) is 3.56. The molecule has 0 aliphatic heterocycles. The molecule has 0 saturated heterocycles. The highest BCUT2D eigenvalue weighted by Gasteiger charge is 2.10. The molecule has 26 heavy (non-hydrogen) atoms. The van der Waals surface area contributed by atoms with Gasteiger partial charge in [0.2, 0.25) is 10.0 Å². The molecular formula is C18H25N3O4S. The van der Waals surface area contributed by atoms with Crippen molar-refractivity contribution in [1.29, 1.82) is 0 Å². The van der Waals surface area contributed by atoms with E-state index in [-0.39, 0.29) is 5.75 Å². The number of aromatic nitrogens is 1. The summed E-state index contributed by atoms with van der Waals surface area (Å²) < 4.78 is 36.8. The van der Waals surface area contributed by atoms with Crippen LogP contribution in [0.3, 0.4) is 0 Å². The molecule has 1 aromatic carbocycles. The Labute approximate surface area is 154 Å². The first-order valence-corrected chi connectivity index (χ1v) is 10.0. The Balaban J connectivity index is 1.95. The fraction of sp³-hybridized carbons (Fsp3) is 0.389. The first-order chi connectivity index (χ1) is 12.5. The van der Waals surface area contributed by atoms with Crippen LogP contribution in [0.25, 0.3) is 0 Å². The smallest absolute Gasteiger partial charge is 0.232 e. The molecule has 1 heterocycles. The van der Waals surface area contributed by atoms with Crippen LogP contribution < -0.4 is 19.5 Å². The van der Waals surface area contributed by atoms with Gasteiger partial charge in [0.25, 0.3) is 0 Å². The van der Waals surface area contributed by atoms with E-state index >= 15 is 0 Å². The van der Waals surface area contributed by atoms with Gasteiger partial charge in [-0.3, -0.25) is 4.72 Å². The number of anilines is 2. The lowest BCUT2D eigenvalue weighted by Crippen LogP contribution is -2.16. The third-order valence-electron chi connectivity index (χ3n) is 3.73. The lowest BCUT2D eigenvalue weighted by atomic mass is 10.2. The highest BCUT2D eigenvalue weighted by atomic mass is 32.2. The molecule has 0 aliphatic carbocycles. The molecule has 0 unspecified atom stereocenters. The Morgan fingerprint density at radius 3 is 2.46 bits per heavy atom. The Morgan fingerprint density at radius 2 is 1.85 bits per heavy atom. The van der Waals surface area contributed by atoms with Gasteiger partial charge in [0.15, 0.2) is 11.5 Å². The van der Waals surface area contributed by atoms with E-state index in [2.05, 4.69) is 15.0 Å². The summed E-state index contributed by atoms with van der Waals surface area (Å²) in [5.41, 5.74) is 1.46. The Hall–Kier alpha value is -2.48. The standard InChI is InChI=1S/C18H25N3O4S/c1-4-5-10-26(22,23)21-15-7-9-18(20-13-15)19-12-14-6-8-16(24-2)17(11-14)25-3/h6-9,11,13,21H,4-5,10,12H2,1-3H3,(H,19,20). The van der Waals surface area contributed by atoms with Gasteiger partial charge in [-0.2, -0.15) is 0 Å². The SMILES string of the molecule is CCCCS(=O)(=O)Nc1ccc(NCc2ccc(OC)c(OC)c2)nc1. The zero-order chi connectivity index (χ0) is 19.0. The monoisotopic (exact) mass is 379 g/mol. The van der Waals surface area contributed by atoms with Crippen molar-refractivity contribution in [1.82, 2.24) is 4.98 Å². The van der Waals surface area contributed by atoms with Gasteiger partial charge in [-0.1, -0.05) is 19.4 Å². The number of unbranched alkanes of at least 4 members (excludes halogenated alkanes) is 1. The van der Waals surface area contributed by atoms with Crippen LogP contribution >= 0.6 is 0 Å². The zero-order valence-electron chi connectivity index (χ0n) is 15.3. The predicted octanol–water partition coefficient (Wildman–Crippen LogP) is 3.25. The normalized spacial score (nSPS) is 11.0. The van der Waals surface area contributed by atoms with Crippen molar-refractivity contribution in [3.63, 3.8) is 0 Å². The average molecular weight is 379 g/mol. The van der Waals surface area contributed by atoms with E-state index in [0.29, 0.717) is 36.0 Å². The third-order valence-corrected chi connectivity index (χ3v) is 5.10.